The number of hydrogen-bond acceptors (Lipinski definition) is 4. The number of oxime groups is 1. The van der Waals surface area contributed by atoms with Gasteiger partial charge in [-0.1, -0.05) is 16.8 Å². The average Bonchev–Trinajstić information content (AvgIpc) is 2.27. The molecule has 15 heavy (non-hydrogen) atoms. The number of nitrogens with zero attached hydrogens (tertiary/aromatic N) is 1. The molecule has 5 nitrogen and oxygen atoms in total. The quantitative estimate of drug-likeness (QED) is 0.262. The van der Waals surface area contributed by atoms with Gasteiger partial charge in [0.2, 0.25) is 0 Å². The zero-order valence-corrected chi connectivity index (χ0v) is 8.65. The van der Waals surface area contributed by atoms with E-state index in [1.54, 1.807) is 0 Å². The van der Waals surface area contributed by atoms with Gasteiger partial charge in [-0.3, -0.25) is 0 Å². The van der Waals surface area contributed by atoms with E-state index in [1.165, 1.54) is 25.3 Å². The van der Waals surface area contributed by atoms with E-state index in [-0.39, 0.29) is 16.4 Å². The lowest BCUT2D eigenvalue weighted by molar-refractivity contribution is 0.0601. The third-order valence-corrected chi connectivity index (χ3v) is 2.10. The zero-order chi connectivity index (χ0) is 11.4. The van der Waals surface area contributed by atoms with Gasteiger partial charge < -0.3 is 15.7 Å². The Hall–Kier alpha value is -1.75. The SMILES string of the molecule is COC(=O)c1cc(/C(N)=N/O)ccc1Cl. The van der Waals surface area contributed by atoms with Crippen LogP contribution in [0.25, 0.3) is 0 Å². The van der Waals surface area contributed by atoms with Gasteiger partial charge in [0, 0.05) is 5.56 Å². The first-order valence-corrected chi connectivity index (χ1v) is 4.33. The van der Waals surface area contributed by atoms with Crippen molar-refractivity contribution >= 4 is 23.4 Å². The van der Waals surface area contributed by atoms with Gasteiger partial charge >= 0.3 is 5.97 Å². The van der Waals surface area contributed by atoms with Crippen LogP contribution in [-0.2, 0) is 4.74 Å². The van der Waals surface area contributed by atoms with Crippen molar-refractivity contribution in [2.75, 3.05) is 7.11 Å². The molecule has 0 spiro atoms. The molecule has 0 saturated carbocycles. The normalized spacial score (nSPS) is 11.2. The Morgan fingerprint density at radius 1 is 1.60 bits per heavy atom. The maximum Gasteiger partial charge on any atom is 0.339 e. The summed E-state index contributed by atoms with van der Waals surface area (Å²) in [7, 11) is 1.24. The molecular weight excluding hydrogens is 220 g/mol. The van der Waals surface area contributed by atoms with Crippen LogP contribution in [0.2, 0.25) is 5.02 Å². The topological polar surface area (TPSA) is 84.9 Å². The third kappa shape index (κ3) is 2.38. The number of methoxy groups -OCH3 is 1. The molecule has 0 heterocycles. The molecule has 1 aromatic carbocycles. The van der Waals surface area contributed by atoms with Gasteiger partial charge in [-0.15, -0.1) is 0 Å². The number of amidine groups is 1. The second-order valence-corrected chi connectivity index (χ2v) is 3.08. The second kappa shape index (κ2) is 4.65. The first-order chi connectivity index (χ1) is 7.10. The predicted molar refractivity (Wildman–Crippen MR) is 55.3 cm³/mol. The molecule has 1 aromatic rings. The summed E-state index contributed by atoms with van der Waals surface area (Å²) in [4.78, 5) is 11.2. The molecule has 0 bridgehead atoms. The number of halogens is 1. The highest BCUT2D eigenvalue weighted by atomic mass is 35.5. The van der Waals surface area contributed by atoms with Crippen LogP contribution in [0.15, 0.2) is 23.4 Å². The average molecular weight is 229 g/mol. The van der Waals surface area contributed by atoms with Crippen LogP contribution in [-0.4, -0.2) is 24.1 Å². The molecule has 0 aromatic heterocycles. The molecule has 0 saturated heterocycles. The molecule has 0 fully saturated rings. The van der Waals surface area contributed by atoms with Crippen molar-refractivity contribution in [3.05, 3.63) is 34.3 Å². The van der Waals surface area contributed by atoms with Crippen LogP contribution in [0.1, 0.15) is 15.9 Å². The zero-order valence-electron chi connectivity index (χ0n) is 7.90. The summed E-state index contributed by atoms with van der Waals surface area (Å²) < 4.78 is 4.52. The summed E-state index contributed by atoms with van der Waals surface area (Å²) >= 11 is 5.77. The van der Waals surface area contributed by atoms with Gasteiger partial charge in [-0.2, -0.15) is 0 Å². The number of benzene rings is 1. The fourth-order valence-electron chi connectivity index (χ4n) is 1.01. The number of nitrogens with two attached hydrogens (primary N) is 1. The lowest BCUT2D eigenvalue weighted by atomic mass is 10.1. The molecule has 80 valence electrons. The van der Waals surface area contributed by atoms with Crippen LogP contribution in [0.4, 0.5) is 0 Å². The summed E-state index contributed by atoms with van der Waals surface area (Å²) in [5, 5.41) is 11.5. The molecule has 1 rings (SSSR count). The van der Waals surface area contributed by atoms with Crippen molar-refractivity contribution in [1.29, 1.82) is 0 Å². The Morgan fingerprint density at radius 3 is 2.80 bits per heavy atom. The number of esters is 1. The number of hydrogen-bond donors (Lipinski definition) is 2. The highest BCUT2D eigenvalue weighted by molar-refractivity contribution is 6.33. The lowest BCUT2D eigenvalue weighted by Crippen LogP contribution is -2.14. The molecule has 0 aliphatic heterocycles. The highest BCUT2D eigenvalue weighted by Crippen LogP contribution is 2.18. The van der Waals surface area contributed by atoms with E-state index in [9.17, 15) is 4.79 Å². The van der Waals surface area contributed by atoms with E-state index in [4.69, 9.17) is 22.5 Å². The van der Waals surface area contributed by atoms with Crippen molar-refractivity contribution in [2.45, 2.75) is 0 Å². The first-order valence-electron chi connectivity index (χ1n) is 3.96. The van der Waals surface area contributed by atoms with Crippen LogP contribution >= 0.6 is 11.6 Å². The molecule has 0 radical (unpaired) electrons. The highest BCUT2D eigenvalue weighted by Gasteiger charge is 2.12. The van der Waals surface area contributed by atoms with E-state index >= 15 is 0 Å². The van der Waals surface area contributed by atoms with Crippen molar-refractivity contribution in [3.63, 3.8) is 0 Å². The Morgan fingerprint density at radius 2 is 2.27 bits per heavy atom. The minimum absolute atomic E-state index is 0.100. The van der Waals surface area contributed by atoms with Crippen molar-refractivity contribution in [3.8, 4) is 0 Å². The molecule has 0 amide bonds. The summed E-state index contributed by atoms with van der Waals surface area (Å²) in [6.07, 6.45) is 0. The summed E-state index contributed by atoms with van der Waals surface area (Å²) in [6.45, 7) is 0. The smallest absolute Gasteiger partial charge is 0.339 e. The molecular formula is C9H9ClN2O3. The van der Waals surface area contributed by atoms with Gasteiger partial charge in [0.15, 0.2) is 5.84 Å². The van der Waals surface area contributed by atoms with E-state index < -0.39 is 5.97 Å². The minimum Gasteiger partial charge on any atom is -0.465 e. The summed E-state index contributed by atoms with van der Waals surface area (Å²) in [5.41, 5.74) is 5.92. The molecule has 0 aliphatic rings. The Labute approximate surface area is 91.1 Å². The van der Waals surface area contributed by atoms with E-state index in [1.807, 2.05) is 0 Å². The van der Waals surface area contributed by atoms with Crippen LogP contribution in [0, 0.1) is 0 Å². The monoisotopic (exact) mass is 228 g/mol. The number of carbonyl (C=O) groups excluding carboxylic acids is 1. The molecule has 6 heteroatoms. The lowest BCUT2D eigenvalue weighted by Gasteiger charge is -2.04. The van der Waals surface area contributed by atoms with Gasteiger partial charge in [0.25, 0.3) is 0 Å². The van der Waals surface area contributed by atoms with Crippen LogP contribution in [0.3, 0.4) is 0 Å². The van der Waals surface area contributed by atoms with Crippen molar-refractivity contribution in [2.24, 2.45) is 10.9 Å². The number of rotatable bonds is 2. The maximum atomic E-state index is 11.2. The Balaban J connectivity index is 3.22. The summed E-state index contributed by atoms with van der Waals surface area (Å²) in [5.74, 6) is -0.676. The Bertz CT molecular complexity index is 418. The van der Waals surface area contributed by atoms with E-state index in [2.05, 4.69) is 9.89 Å². The standard InChI is InChI=1S/C9H9ClN2O3/c1-15-9(13)6-4-5(8(11)12-14)2-3-7(6)10/h2-4,14H,1H3,(H2,11,12). The number of ether oxygens (including phenoxy) is 1. The molecule has 0 atom stereocenters. The third-order valence-electron chi connectivity index (χ3n) is 1.78. The summed E-state index contributed by atoms with van der Waals surface area (Å²) in [6, 6.07) is 4.40. The van der Waals surface area contributed by atoms with Gasteiger partial charge in [0.1, 0.15) is 0 Å². The fraction of sp³-hybridized carbons (Fsp3) is 0.111. The van der Waals surface area contributed by atoms with Crippen LogP contribution < -0.4 is 5.73 Å². The molecule has 3 N–H and O–H groups in total. The van der Waals surface area contributed by atoms with E-state index in [0.29, 0.717) is 5.56 Å². The van der Waals surface area contributed by atoms with Gasteiger partial charge in [-0.25, -0.2) is 4.79 Å². The first kappa shape index (κ1) is 11.3. The largest absolute Gasteiger partial charge is 0.465 e. The van der Waals surface area contributed by atoms with Crippen molar-refractivity contribution < 1.29 is 14.7 Å². The van der Waals surface area contributed by atoms with Gasteiger partial charge in [-0.05, 0) is 18.2 Å². The Kier molecular flexibility index (Phi) is 3.51. The second-order valence-electron chi connectivity index (χ2n) is 2.67. The number of carbonyl (C=O) groups is 1. The maximum absolute atomic E-state index is 11.2. The predicted octanol–water partition coefficient (Wildman–Crippen LogP) is 1.22. The molecule has 0 unspecified atom stereocenters. The molecule has 0 aliphatic carbocycles. The fourth-order valence-corrected chi connectivity index (χ4v) is 1.20. The van der Waals surface area contributed by atoms with Crippen molar-refractivity contribution in [1.82, 2.24) is 0 Å². The van der Waals surface area contributed by atoms with Crippen LogP contribution in [0.5, 0.6) is 0 Å². The van der Waals surface area contributed by atoms with E-state index in [0.717, 1.165) is 0 Å². The minimum atomic E-state index is -0.576. The van der Waals surface area contributed by atoms with Gasteiger partial charge in [0.05, 0.1) is 17.7 Å².